The Kier molecular flexibility index (Phi) is 16.5. The highest BCUT2D eigenvalue weighted by Crippen LogP contribution is 2.43. The van der Waals surface area contributed by atoms with E-state index in [9.17, 15) is 44.7 Å². The van der Waals surface area contributed by atoms with E-state index in [1.54, 1.807) is 13.0 Å². The quantitative estimate of drug-likeness (QED) is 0.0387. The second-order valence-corrected chi connectivity index (χ2v) is 22.9. The number of aryl methyl sites for hydroxylation is 6. The Morgan fingerprint density at radius 3 is 1.31 bits per heavy atom. The molecule has 10 heterocycles. The zero-order chi connectivity index (χ0) is 61.9. The number of aromatic amines is 4. The predicted octanol–water partition coefficient (Wildman–Crippen LogP) is 14.1. The van der Waals surface area contributed by atoms with Gasteiger partial charge in [0, 0.05) is 92.1 Å². The van der Waals surface area contributed by atoms with Gasteiger partial charge in [0.25, 0.3) is 0 Å². The van der Waals surface area contributed by atoms with E-state index in [1.165, 1.54) is 0 Å². The lowest BCUT2D eigenvalue weighted by molar-refractivity contribution is -0.138. The molecule has 6 aromatic rings. The lowest BCUT2D eigenvalue weighted by atomic mass is 9.98. The number of fused-ring (bicyclic) bond motifs is 16. The van der Waals surface area contributed by atoms with Gasteiger partial charge in [0.05, 0.1) is 63.9 Å². The highest BCUT2D eigenvalue weighted by molar-refractivity contribution is 6.00. The minimum atomic E-state index is -0.959. The fourth-order valence-electron chi connectivity index (χ4n) is 12.8. The van der Waals surface area contributed by atoms with Crippen molar-refractivity contribution < 1.29 is 49.4 Å². The molecule has 6 aromatic heterocycles. The van der Waals surface area contributed by atoms with Crippen molar-refractivity contribution in [2.75, 3.05) is 0 Å². The summed E-state index contributed by atoms with van der Waals surface area (Å²) in [7, 11) is 0. The van der Waals surface area contributed by atoms with Gasteiger partial charge in [-0.05, 0) is 217 Å². The Hall–Kier alpha value is -9.26. The van der Waals surface area contributed by atoms with E-state index in [0.29, 0.717) is 67.7 Å². The number of hydrogen-bond acceptors (Lipinski definition) is 10. The van der Waals surface area contributed by atoms with Crippen LogP contribution in [0.4, 0.5) is 0 Å². The molecule has 0 aliphatic carbocycles. The maximum absolute atomic E-state index is 12.1. The number of carboxylic acids is 4. The Labute approximate surface area is 496 Å². The van der Waals surface area contributed by atoms with Crippen LogP contribution in [-0.2, 0) is 36.8 Å². The Bertz CT molecular complexity index is 4420. The number of aliphatic carboxylic acids is 4. The van der Waals surface area contributed by atoms with Gasteiger partial charge in [0.1, 0.15) is 0 Å². The molecule has 0 saturated carbocycles. The molecule has 3 atom stereocenters. The minimum Gasteiger partial charge on any atom is -0.481 e. The predicted molar refractivity (Wildman–Crippen MR) is 336 cm³/mol. The van der Waals surface area contributed by atoms with Crippen LogP contribution in [0.15, 0.2) is 61.2 Å². The molecule has 18 heteroatoms. The van der Waals surface area contributed by atoms with E-state index in [2.05, 4.69) is 26.5 Å². The standard InChI is InChI=1S/C68H72N8O10/c1-13-41-30(2)46-22-47-31(3)42(14-18-62(78)79)55(70-47)28-57-44(16-20-64(82)83)33(5)49(72-57)25-60-67(36(8)52(75-60)24-54(41)69-46)39(11)86-40(12)68-37(9)53-27-59-66(38(10)77)35(7)51(74-59)23-48-32(4)43(15-19-63(80)81)56(71-48)29-58-45(17-21-65(84)85)34(6)50(73-58)26-61(68)76-53/h13,22-29,38-40,71-72,74-75,77H,1,14-21H2,2-12H3,(H,78,79)(H,80,81)(H,82,83)(H,84,85). The van der Waals surface area contributed by atoms with Gasteiger partial charge in [-0.25, -0.2) is 19.9 Å². The summed E-state index contributed by atoms with van der Waals surface area (Å²) in [6.07, 6.45) is 0.0897. The third-order valence-corrected chi connectivity index (χ3v) is 17.5. The zero-order valence-electron chi connectivity index (χ0n) is 50.4. The number of carbonyl (C=O) groups is 4. The number of aliphatic hydroxyl groups is 1. The summed E-state index contributed by atoms with van der Waals surface area (Å²) < 4.78 is 7.27. The summed E-state index contributed by atoms with van der Waals surface area (Å²) in [5, 5.41) is 50.9. The van der Waals surface area contributed by atoms with Crippen LogP contribution < -0.4 is 0 Å². The van der Waals surface area contributed by atoms with E-state index in [1.807, 2.05) is 118 Å². The first-order valence-electron chi connectivity index (χ1n) is 29.0. The molecule has 0 aromatic carbocycles. The third kappa shape index (κ3) is 11.4. The van der Waals surface area contributed by atoms with Crippen LogP contribution in [0.5, 0.6) is 0 Å². The average molecular weight is 1160 g/mol. The fraction of sp³-hybridized carbons (Fsp3) is 0.324. The topological polar surface area (TPSA) is 293 Å². The van der Waals surface area contributed by atoms with Gasteiger partial charge in [-0.1, -0.05) is 12.7 Å². The van der Waals surface area contributed by atoms with Gasteiger partial charge in [-0.2, -0.15) is 0 Å². The van der Waals surface area contributed by atoms with E-state index < -0.39 is 42.2 Å². The fourth-order valence-corrected chi connectivity index (χ4v) is 12.8. The van der Waals surface area contributed by atoms with Crippen LogP contribution in [0.2, 0.25) is 0 Å². The molecular weight excluding hydrogens is 1090 g/mol. The van der Waals surface area contributed by atoms with Crippen molar-refractivity contribution in [1.82, 2.24) is 39.9 Å². The van der Waals surface area contributed by atoms with Crippen molar-refractivity contribution >= 4 is 113 Å². The summed E-state index contributed by atoms with van der Waals surface area (Å²) in [6.45, 7) is 25.6. The number of ether oxygens (including phenoxy) is 1. The van der Waals surface area contributed by atoms with E-state index in [4.69, 9.17) is 24.7 Å². The van der Waals surface area contributed by atoms with Gasteiger partial charge in [0.15, 0.2) is 0 Å². The molecule has 9 N–H and O–H groups in total. The maximum Gasteiger partial charge on any atom is 0.303 e. The molecule has 444 valence electrons. The zero-order valence-corrected chi connectivity index (χ0v) is 50.4. The van der Waals surface area contributed by atoms with Crippen molar-refractivity contribution in [3.8, 4) is 0 Å². The lowest BCUT2D eigenvalue weighted by Crippen LogP contribution is -2.14. The van der Waals surface area contributed by atoms with Crippen molar-refractivity contribution in [3.05, 3.63) is 151 Å². The van der Waals surface area contributed by atoms with Crippen molar-refractivity contribution in [2.24, 2.45) is 0 Å². The van der Waals surface area contributed by atoms with Gasteiger partial charge in [0.2, 0.25) is 0 Å². The molecule has 18 nitrogen and oxygen atoms in total. The first-order chi connectivity index (χ1) is 40.8. The smallest absolute Gasteiger partial charge is 0.303 e. The number of hydrogen-bond donors (Lipinski definition) is 9. The average Bonchev–Trinajstić information content (AvgIpc) is 1.98. The van der Waals surface area contributed by atoms with Crippen LogP contribution in [0.25, 0.3) is 88.7 Å². The van der Waals surface area contributed by atoms with Crippen LogP contribution in [0.1, 0.15) is 189 Å². The highest BCUT2D eigenvalue weighted by atomic mass is 16.5. The number of allylic oxidation sites excluding steroid dienone is 8. The molecule has 86 heavy (non-hydrogen) atoms. The normalized spacial score (nSPS) is 14.6. The first-order valence-corrected chi connectivity index (χ1v) is 29.0. The van der Waals surface area contributed by atoms with E-state index in [-0.39, 0.29) is 51.4 Å². The van der Waals surface area contributed by atoms with Crippen LogP contribution in [0.3, 0.4) is 0 Å². The summed E-state index contributed by atoms with van der Waals surface area (Å²) in [4.78, 5) is 83.4. The van der Waals surface area contributed by atoms with Gasteiger partial charge in [-0.3, -0.25) is 19.2 Å². The molecule has 0 saturated heterocycles. The first kappa shape index (κ1) is 59.9. The van der Waals surface area contributed by atoms with E-state index in [0.717, 1.165) is 111 Å². The summed E-state index contributed by atoms with van der Waals surface area (Å²) >= 11 is 0. The molecule has 0 amide bonds. The summed E-state index contributed by atoms with van der Waals surface area (Å²) in [6, 6.07) is 15.5. The monoisotopic (exact) mass is 1160 g/mol. The molecule has 0 radical (unpaired) electrons. The third-order valence-electron chi connectivity index (χ3n) is 17.5. The van der Waals surface area contributed by atoms with Crippen LogP contribution in [-0.4, -0.2) is 95.4 Å². The molecule has 3 unspecified atom stereocenters. The largest absolute Gasteiger partial charge is 0.481 e. The highest BCUT2D eigenvalue weighted by Gasteiger charge is 2.30. The SMILES string of the molecule is C=CC1=C(C)c2cc3nc(cc4[nH]c(cc5[nH]c(cc1n2)c(C)c5C(C)OC(C)C1=C(C)c2cc5[nH]c(cc6[nH]c(cc7nc(cc1n2)C(C)=C7CCC(=O)O)c(CCC(=O)O)c6C)c(C)c5C(C)O)c(C)c4CCC(=O)O)C(CCC(=O)O)=C3C. The second kappa shape index (κ2) is 23.7. The van der Waals surface area contributed by atoms with Crippen LogP contribution >= 0.6 is 0 Å². The van der Waals surface area contributed by atoms with Gasteiger partial charge < -0.3 is 50.2 Å². The number of nitrogens with zero attached hydrogens (tertiary/aromatic N) is 4. The van der Waals surface area contributed by atoms with Crippen molar-refractivity contribution in [2.45, 2.75) is 146 Å². The number of aromatic nitrogens is 8. The van der Waals surface area contributed by atoms with Crippen LogP contribution in [0, 0.1) is 27.7 Å². The summed E-state index contributed by atoms with van der Waals surface area (Å²) in [5.74, 6) is -3.78. The molecular formula is C68H72N8O10. The number of rotatable bonds is 18. The second-order valence-electron chi connectivity index (χ2n) is 22.9. The molecule has 16 bridgehead atoms. The molecule has 0 spiro atoms. The van der Waals surface area contributed by atoms with Gasteiger partial charge in [-0.15, -0.1) is 0 Å². The molecule has 4 aliphatic rings. The number of aliphatic hydroxyl groups excluding tert-OH is 1. The molecule has 4 aliphatic heterocycles. The minimum absolute atomic E-state index is 0.110. The Morgan fingerprint density at radius 2 is 0.814 bits per heavy atom. The Morgan fingerprint density at radius 1 is 0.442 bits per heavy atom. The van der Waals surface area contributed by atoms with Crippen molar-refractivity contribution in [1.29, 1.82) is 0 Å². The number of carboxylic acid groups (broad SMARTS) is 4. The lowest BCUT2D eigenvalue weighted by Gasteiger charge is -2.22. The molecule has 0 fully saturated rings. The number of nitrogens with one attached hydrogen (secondary N) is 4. The number of H-pyrrole nitrogens is 4. The summed E-state index contributed by atoms with van der Waals surface area (Å²) in [5.41, 5.74) is 23.5. The van der Waals surface area contributed by atoms with Gasteiger partial charge >= 0.3 is 23.9 Å². The van der Waals surface area contributed by atoms with E-state index >= 15 is 0 Å². The van der Waals surface area contributed by atoms with Crippen molar-refractivity contribution in [3.63, 3.8) is 0 Å². The maximum atomic E-state index is 12.1. The molecule has 10 rings (SSSR count). The Balaban J connectivity index is 1.18.